The van der Waals surface area contributed by atoms with Gasteiger partial charge >= 0.3 is 0 Å². The molecule has 1 aromatic carbocycles. The third-order valence-corrected chi connectivity index (χ3v) is 5.15. The van der Waals surface area contributed by atoms with Gasteiger partial charge < -0.3 is 10.1 Å². The van der Waals surface area contributed by atoms with Crippen LogP contribution in [-0.2, 0) is 4.74 Å². The zero-order chi connectivity index (χ0) is 13.8. The molecule has 3 rings (SSSR count). The van der Waals surface area contributed by atoms with E-state index in [0.717, 1.165) is 38.0 Å². The molecular weight excluding hydrogens is 314 g/mol. The SMILES string of the molecule is Brc1ccccc1C1CC(NCCCOCC2CC2)C1. The maximum atomic E-state index is 5.65. The van der Waals surface area contributed by atoms with Crippen molar-refractivity contribution >= 4 is 15.9 Å². The molecule has 2 nitrogen and oxygen atoms in total. The molecule has 0 spiro atoms. The van der Waals surface area contributed by atoms with E-state index in [0.29, 0.717) is 6.04 Å². The molecule has 0 unspecified atom stereocenters. The molecule has 0 saturated heterocycles. The number of hydrogen-bond donors (Lipinski definition) is 1. The Morgan fingerprint density at radius 2 is 2.00 bits per heavy atom. The highest BCUT2D eigenvalue weighted by molar-refractivity contribution is 9.10. The van der Waals surface area contributed by atoms with Crippen LogP contribution < -0.4 is 5.32 Å². The van der Waals surface area contributed by atoms with Crippen molar-refractivity contribution in [2.75, 3.05) is 19.8 Å². The zero-order valence-corrected chi connectivity index (χ0v) is 13.6. The molecule has 0 bridgehead atoms. The first-order chi connectivity index (χ1) is 9.83. The average molecular weight is 338 g/mol. The second-order valence-corrected chi connectivity index (χ2v) is 7.07. The minimum absolute atomic E-state index is 0.704. The molecule has 2 fully saturated rings. The Bertz CT molecular complexity index is 427. The number of benzene rings is 1. The number of hydrogen-bond acceptors (Lipinski definition) is 2. The molecule has 0 radical (unpaired) electrons. The van der Waals surface area contributed by atoms with Crippen molar-refractivity contribution < 1.29 is 4.74 Å². The summed E-state index contributed by atoms with van der Waals surface area (Å²) < 4.78 is 6.91. The van der Waals surface area contributed by atoms with Gasteiger partial charge in [-0.05, 0) is 62.1 Å². The summed E-state index contributed by atoms with van der Waals surface area (Å²) in [5.41, 5.74) is 1.47. The topological polar surface area (TPSA) is 21.3 Å². The molecule has 0 aliphatic heterocycles. The van der Waals surface area contributed by atoms with Gasteiger partial charge in [-0.15, -0.1) is 0 Å². The van der Waals surface area contributed by atoms with E-state index < -0.39 is 0 Å². The predicted molar refractivity (Wildman–Crippen MR) is 86.1 cm³/mol. The van der Waals surface area contributed by atoms with Gasteiger partial charge in [-0.2, -0.15) is 0 Å². The normalized spacial score (nSPS) is 25.4. The standard InChI is InChI=1S/C17H24BrNO/c18-17-5-2-1-4-16(17)14-10-15(11-14)19-8-3-9-20-12-13-6-7-13/h1-2,4-5,13-15,19H,3,6-12H2. The van der Waals surface area contributed by atoms with E-state index in [9.17, 15) is 0 Å². The molecule has 0 heterocycles. The van der Waals surface area contributed by atoms with Crippen LogP contribution in [0.25, 0.3) is 0 Å². The lowest BCUT2D eigenvalue weighted by Gasteiger charge is -2.37. The minimum Gasteiger partial charge on any atom is -0.381 e. The number of rotatable bonds is 8. The molecule has 20 heavy (non-hydrogen) atoms. The smallest absolute Gasteiger partial charge is 0.0494 e. The predicted octanol–water partition coefficient (Wildman–Crippen LogP) is 4.10. The Morgan fingerprint density at radius 1 is 1.20 bits per heavy atom. The summed E-state index contributed by atoms with van der Waals surface area (Å²) in [6.07, 6.45) is 6.45. The molecule has 2 saturated carbocycles. The third-order valence-electron chi connectivity index (χ3n) is 4.43. The van der Waals surface area contributed by atoms with Gasteiger partial charge in [0.15, 0.2) is 0 Å². The first-order valence-corrected chi connectivity index (χ1v) is 8.68. The van der Waals surface area contributed by atoms with Crippen LogP contribution in [0.15, 0.2) is 28.7 Å². The van der Waals surface area contributed by atoms with Crippen LogP contribution in [0, 0.1) is 5.92 Å². The summed E-state index contributed by atoms with van der Waals surface area (Å²) in [6, 6.07) is 9.32. The molecule has 0 amide bonds. The summed E-state index contributed by atoms with van der Waals surface area (Å²) >= 11 is 3.65. The fraction of sp³-hybridized carbons (Fsp3) is 0.647. The molecule has 0 aromatic heterocycles. The summed E-state index contributed by atoms with van der Waals surface area (Å²) in [4.78, 5) is 0. The third kappa shape index (κ3) is 4.06. The Hall–Kier alpha value is -0.380. The lowest BCUT2D eigenvalue weighted by Crippen LogP contribution is -2.40. The second kappa shape index (κ2) is 7.06. The van der Waals surface area contributed by atoms with Crippen molar-refractivity contribution in [2.24, 2.45) is 5.92 Å². The lowest BCUT2D eigenvalue weighted by atomic mass is 9.76. The summed E-state index contributed by atoms with van der Waals surface area (Å²) in [5, 5.41) is 3.65. The van der Waals surface area contributed by atoms with Crippen LogP contribution in [0.3, 0.4) is 0 Å². The number of ether oxygens (including phenoxy) is 1. The molecule has 2 aliphatic carbocycles. The highest BCUT2D eigenvalue weighted by atomic mass is 79.9. The molecule has 2 aliphatic rings. The van der Waals surface area contributed by atoms with Crippen molar-refractivity contribution in [1.82, 2.24) is 5.32 Å². The summed E-state index contributed by atoms with van der Waals surface area (Å²) in [5.74, 6) is 1.62. The molecule has 0 atom stereocenters. The van der Waals surface area contributed by atoms with Crippen LogP contribution in [-0.4, -0.2) is 25.8 Å². The van der Waals surface area contributed by atoms with Crippen LogP contribution >= 0.6 is 15.9 Å². The van der Waals surface area contributed by atoms with Crippen molar-refractivity contribution in [2.45, 2.75) is 44.1 Å². The molecular formula is C17H24BrNO. The Labute approximate surface area is 130 Å². The zero-order valence-electron chi connectivity index (χ0n) is 12.0. The molecule has 1 aromatic rings. The lowest BCUT2D eigenvalue weighted by molar-refractivity contribution is 0.120. The maximum Gasteiger partial charge on any atom is 0.0494 e. The van der Waals surface area contributed by atoms with Gasteiger partial charge in [0.25, 0.3) is 0 Å². The van der Waals surface area contributed by atoms with Gasteiger partial charge in [0.1, 0.15) is 0 Å². The van der Waals surface area contributed by atoms with Crippen molar-refractivity contribution in [3.63, 3.8) is 0 Å². The Balaban J connectivity index is 1.26. The van der Waals surface area contributed by atoms with E-state index in [1.54, 1.807) is 0 Å². The van der Waals surface area contributed by atoms with Gasteiger partial charge in [-0.1, -0.05) is 34.1 Å². The molecule has 3 heteroatoms. The van der Waals surface area contributed by atoms with E-state index in [-0.39, 0.29) is 0 Å². The van der Waals surface area contributed by atoms with E-state index in [1.807, 2.05) is 0 Å². The van der Waals surface area contributed by atoms with Crippen molar-refractivity contribution in [1.29, 1.82) is 0 Å². The summed E-state index contributed by atoms with van der Waals surface area (Å²) in [7, 11) is 0. The maximum absolute atomic E-state index is 5.65. The van der Waals surface area contributed by atoms with Gasteiger partial charge in [0.05, 0.1) is 0 Å². The van der Waals surface area contributed by atoms with Gasteiger partial charge in [-0.25, -0.2) is 0 Å². The van der Waals surface area contributed by atoms with Crippen LogP contribution in [0.2, 0.25) is 0 Å². The largest absolute Gasteiger partial charge is 0.381 e. The van der Waals surface area contributed by atoms with Gasteiger partial charge in [0, 0.05) is 23.7 Å². The minimum atomic E-state index is 0.704. The first-order valence-electron chi connectivity index (χ1n) is 7.88. The van der Waals surface area contributed by atoms with Crippen LogP contribution in [0.1, 0.15) is 43.6 Å². The first kappa shape index (κ1) is 14.6. The van der Waals surface area contributed by atoms with Crippen LogP contribution in [0.4, 0.5) is 0 Å². The molecule has 110 valence electrons. The Kier molecular flexibility index (Phi) is 5.14. The van der Waals surface area contributed by atoms with E-state index in [4.69, 9.17) is 4.74 Å². The quantitative estimate of drug-likeness (QED) is 0.721. The average Bonchev–Trinajstić information content (AvgIpc) is 3.21. The Morgan fingerprint density at radius 3 is 2.75 bits per heavy atom. The summed E-state index contributed by atoms with van der Waals surface area (Å²) in [6.45, 7) is 3.01. The van der Waals surface area contributed by atoms with E-state index in [1.165, 1.54) is 35.7 Å². The number of nitrogens with one attached hydrogen (secondary N) is 1. The number of halogens is 1. The highest BCUT2D eigenvalue weighted by Crippen LogP contribution is 2.39. The highest BCUT2D eigenvalue weighted by Gasteiger charge is 2.30. The van der Waals surface area contributed by atoms with Crippen molar-refractivity contribution in [3.05, 3.63) is 34.3 Å². The molecule has 1 N–H and O–H groups in total. The van der Waals surface area contributed by atoms with Gasteiger partial charge in [-0.3, -0.25) is 0 Å². The van der Waals surface area contributed by atoms with E-state index in [2.05, 4.69) is 45.5 Å². The fourth-order valence-corrected chi connectivity index (χ4v) is 3.47. The van der Waals surface area contributed by atoms with Gasteiger partial charge in [0.2, 0.25) is 0 Å². The van der Waals surface area contributed by atoms with Crippen LogP contribution in [0.5, 0.6) is 0 Å². The van der Waals surface area contributed by atoms with Crippen molar-refractivity contribution in [3.8, 4) is 0 Å². The van der Waals surface area contributed by atoms with E-state index >= 15 is 0 Å². The fourth-order valence-electron chi connectivity index (χ4n) is 2.86. The second-order valence-electron chi connectivity index (χ2n) is 6.21. The monoisotopic (exact) mass is 337 g/mol.